The monoisotopic (exact) mass is 392 g/mol. The first kappa shape index (κ1) is 19.0. The number of aromatic nitrogens is 2. The van der Waals surface area contributed by atoms with Crippen molar-refractivity contribution in [3.05, 3.63) is 35.0 Å². The highest BCUT2D eigenvalue weighted by molar-refractivity contribution is 6.29. The maximum Gasteiger partial charge on any atom is 0.337 e. The first-order chi connectivity index (χ1) is 13.0. The van der Waals surface area contributed by atoms with Gasteiger partial charge >= 0.3 is 6.03 Å². The Hall–Kier alpha value is -2.78. The van der Waals surface area contributed by atoms with E-state index < -0.39 is 6.03 Å². The molecular formula is C17H21ClN6O3. The molecule has 1 aromatic heterocycles. The Balaban J connectivity index is 1.53. The minimum Gasteiger partial charge on any atom is -0.490 e. The van der Waals surface area contributed by atoms with Crippen LogP contribution in [-0.4, -0.2) is 35.3 Å². The van der Waals surface area contributed by atoms with Crippen LogP contribution >= 0.6 is 11.6 Å². The Kier molecular flexibility index (Phi) is 6.15. The molecule has 1 fully saturated rings. The van der Waals surface area contributed by atoms with Crippen LogP contribution in [0.2, 0.25) is 5.15 Å². The number of anilines is 3. The predicted molar refractivity (Wildman–Crippen MR) is 103 cm³/mol. The van der Waals surface area contributed by atoms with Crippen molar-refractivity contribution in [3.63, 3.8) is 0 Å². The van der Waals surface area contributed by atoms with Crippen molar-refractivity contribution < 1.29 is 14.3 Å². The normalized spacial score (nSPS) is 14.4. The predicted octanol–water partition coefficient (Wildman–Crippen LogP) is 2.73. The molecule has 10 heteroatoms. The highest BCUT2D eigenvalue weighted by Gasteiger charge is 2.16. The smallest absolute Gasteiger partial charge is 0.337 e. The van der Waals surface area contributed by atoms with Crippen molar-refractivity contribution >= 4 is 35.1 Å². The lowest BCUT2D eigenvalue weighted by molar-refractivity contribution is 0.0253. The lowest BCUT2D eigenvalue weighted by Crippen LogP contribution is -2.34. The molecule has 0 aliphatic carbocycles. The summed E-state index contributed by atoms with van der Waals surface area (Å²) in [6.45, 7) is 3.38. The summed E-state index contributed by atoms with van der Waals surface area (Å²) in [7, 11) is 0. The van der Waals surface area contributed by atoms with E-state index in [4.69, 9.17) is 26.8 Å². The topological polar surface area (TPSA) is 123 Å². The summed E-state index contributed by atoms with van der Waals surface area (Å²) in [5, 5.41) is 2.89. The Labute approximate surface area is 161 Å². The summed E-state index contributed by atoms with van der Waals surface area (Å²) < 4.78 is 11.4. The number of urea groups is 1. The molecule has 1 aromatic carbocycles. The number of ether oxygens (including phenoxy) is 2. The van der Waals surface area contributed by atoms with Crippen molar-refractivity contribution in [1.82, 2.24) is 15.4 Å². The molecule has 0 unspecified atom stereocenters. The second-order valence-corrected chi connectivity index (χ2v) is 6.44. The second-order valence-electron chi connectivity index (χ2n) is 6.05. The molecule has 1 saturated heterocycles. The number of hydrazine groups is 1. The number of hydrogen-bond donors (Lipinski definition) is 4. The van der Waals surface area contributed by atoms with Crippen molar-refractivity contribution in [2.45, 2.75) is 25.9 Å². The molecule has 2 amide bonds. The molecule has 0 radical (unpaired) electrons. The standard InChI is InChI=1S/C17H21ClN6O3/c1-10-8-11(2-3-13(10)27-12-4-6-26-7-5-12)20-17(25)24-23-15-9-14(18)21-16(19)22-15/h2-3,8-9,12H,4-7H2,1H3,(H2,20,24,25)(H3,19,21,22,23). The van der Waals surface area contributed by atoms with E-state index in [0.717, 1.165) is 37.4 Å². The number of benzene rings is 1. The lowest BCUT2D eigenvalue weighted by Gasteiger charge is -2.24. The van der Waals surface area contributed by atoms with Crippen LogP contribution in [-0.2, 0) is 4.74 Å². The SMILES string of the molecule is Cc1cc(NC(=O)NNc2cc(Cl)nc(N)n2)ccc1OC1CCOCC1. The van der Waals surface area contributed by atoms with Gasteiger partial charge in [0.25, 0.3) is 0 Å². The van der Waals surface area contributed by atoms with Gasteiger partial charge in [-0.25, -0.2) is 9.78 Å². The zero-order valence-electron chi connectivity index (χ0n) is 14.8. The van der Waals surface area contributed by atoms with Gasteiger partial charge in [0, 0.05) is 24.6 Å². The number of halogens is 1. The molecule has 0 spiro atoms. The molecule has 9 nitrogen and oxygen atoms in total. The van der Waals surface area contributed by atoms with Gasteiger partial charge in [-0.3, -0.25) is 10.9 Å². The largest absolute Gasteiger partial charge is 0.490 e. The average Bonchev–Trinajstić information content (AvgIpc) is 2.62. The third-order valence-corrected chi connectivity index (χ3v) is 4.10. The van der Waals surface area contributed by atoms with Gasteiger partial charge in [-0.2, -0.15) is 4.98 Å². The highest BCUT2D eigenvalue weighted by atomic mass is 35.5. The highest BCUT2D eigenvalue weighted by Crippen LogP contribution is 2.25. The van der Waals surface area contributed by atoms with Crippen LogP contribution in [0.3, 0.4) is 0 Å². The number of rotatable bonds is 5. The molecule has 1 aliphatic rings. The third-order valence-electron chi connectivity index (χ3n) is 3.91. The van der Waals surface area contributed by atoms with Crippen LogP contribution in [0.25, 0.3) is 0 Å². The molecule has 144 valence electrons. The first-order valence-corrected chi connectivity index (χ1v) is 8.85. The third kappa shape index (κ3) is 5.60. The summed E-state index contributed by atoms with van der Waals surface area (Å²) in [6.07, 6.45) is 1.92. The molecule has 0 atom stereocenters. The maximum absolute atomic E-state index is 12.0. The Morgan fingerprint density at radius 1 is 1.30 bits per heavy atom. The van der Waals surface area contributed by atoms with Gasteiger partial charge in [-0.05, 0) is 30.7 Å². The Morgan fingerprint density at radius 3 is 2.78 bits per heavy atom. The van der Waals surface area contributed by atoms with Crippen LogP contribution in [0.5, 0.6) is 5.75 Å². The van der Waals surface area contributed by atoms with E-state index in [1.54, 1.807) is 6.07 Å². The number of hydrogen-bond acceptors (Lipinski definition) is 7. The van der Waals surface area contributed by atoms with E-state index in [-0.39, 0.29) is 23.0 Å². The van der Waals surface area contributed by atoms with Crippen molar-refractivity contribution in [2.24, 2.45) is 0 Å². The van der Waals surface area contributed by atoms with E-state index in [1.807, 2.05) is 19.1 Å². The summed E-state index contributed by atoms with van der Waals surface area (Å²) >= 11 is 5.78. The summed E-state index contributed by atoms with van der Waals surface area (Å²) in [5.41, 5.74) is 12.1. The van der Waals surface area contributed by atoms with E-state index in [9.17, 15) is 4.79 Å². The first-order valence-electron chi connectivity index (χ1n) is 8.48. The van der Waals surface area contributed by atoms with Gasteiger partial charge in [-0.1, -0.05) is 11.6 Å². The number of carbonyl (C=O) groups is 1. The van der Waals surface area contributed by atoms with Crippen molar-refractivity contribution in [1.29, 1.82) is 0 Å². The number of aryl methyl sites for hydroxylation is 1. The number of nitrogens with one attached hydrogen (secondary N) is 3. The van der Waals surface area contributed by atoms with Gasteiger partial charge in [0.15, 0.2) is 5.82 Å². The molecular weight excluding hydrogens is 372 g/mol. The molecule has 2 aromatic rings. The van der Waals surface area contributed by atoms with Crippen molar-refractivity contribution in [3.8, 4) is 5.75 Å². The minimum absolute atomic E-state index is 0.00273. The van der Waals surface area contributed by atoms with E-state index in [1.165, 1.54) is 6.07 Å². The molecule has 0 saturated carbocycles. The molecule has 27 heavy (non-hydrogen) atoms. The van der Waals surface area contributed by atoms with Gasteiger partial charge in [0.2, 0.25) is 5.95 Å². The zero-order valence-corrected chi connectivity index (χ0v) is 15.5. The number of nitrogens with two attached hydrogens (primary N) is 1. The second kappa shape index (κ2) is 8.74. The van der Waals surface area contributed by atoms with E-state index in [0.29, 0.717) is 5.69 Å². The van der Waals surface area contributed by atoms with Gasteiger partial charge < -0.3 is 20.5 Å². The van der Waals surface area contributed by atoms with Gasteiger partial charge in [0.1, 0.15) is 17.0 Å². The number of amides is 2. The van der Waals surface area contributed by atoms with Crippen LogP contribution in [0, 0.1) is 6.92 Å². The van der Waals surface area contributed by atoms with Crippen LogP contribution < -0.4 is 26.6 Å². The zero-order chi connectivity index (χ0) is 19.2. The maximum atomic E-state index is 12.0. The number of nitrogens with zero attached hydrogens (tertiary/aromatic N) is 2. The Morgan fingerprint density at radius 2 is 2.07 bits per heavy atom. The van der Waals surface area contributed by atoms with Crippen molar-refractivity contribution in [2.75, 3.05) is 29.7 Å². The average molecular weight is 393 g/mol. The van der Waals surface area contributed by atoms with Gasteiger partial charge in [-0.15, -0.1) is 0 Å². The molecule has 2 heterocycles. The van der Waals surface area contributed by atoms with E-state index >= 15 is 0 Å². The quantitative estimate of drug-likeness (QED) is 0.455. The molecule has 5 N–H and O–H groups in total. The fourth-order valence-corrected chi connectivity index (χ4v) is 2.81. The van der Waals surface area contributed by atoms with Gasteiger partial charge in [0.05, 0.1) is 13.2 Å². The van der Waals surface area contributed by atoms with E-state index in [2.05, 4.69) is 26.1 Å². The fourth-order valence-electron chi connectivity index (χ4n) is 2.62. The Bertz CT molecular complexity index is 793. The number of nitrogen functional groups attached to an aromatic ring is 1. The van der Waals surface area contributed by atoms with Crippen LogP contribution in [0.15, 0.2) is 24.3 Å². The fraction of sp³-hybridized carbons (Fsp3) is 0.353. The molecule has 3 rings (SSSR count). The summed E-state index contributed by atoms with van der Waals surface area (Å²) in [6, 6.07) is 6.43. The van der Waals surface area contributed by atoms with Crippen LogP contribution in [0.1, 0.15) is 18.4 Å². The molecule has 1 aliphatic heterocycles. The van der Waals surface area contributed by atoms with Crippen LogP contribution in [0.4, 0.5) is 22.2 Å². The summed E-state index contributed by atoms with van der Waals surface area (Å²) in [5.74, 6) is 1.08. The summed E-state index contributed by atoms with van der Waals surface area (Å²) in [4.78, 5) is 19.7. The molecule has 0 bridgehead atoms. The number of carbonyl (C=O) groups excluding carboxylic acids is 1. The lowest BCUT2D eigenvalue weighted by atomic mass is 10.1. The minimum atomic E-state index is -0.471.